The molecule has 1 N–H and O–H groups in total. The minimum atomic E-state index is -0.953. The SMILES string of the molecule is COc1ccccc1C1CC(c2nc(-c3ccc4ccccc4n3)no2)CCN1C(=O)O. The molecule has 2 aromatic carbocycles. The number of nitrogens with zero attached hydrogens (tertiary/aromatic N) is 4. The number of hydrogen-bond acceptors (Lipinski definition) is 6. The Kier molecular flexibility index (Phi) is 5.18. The lowest BCUT2D eigenvalue weighted by molar-refractivity contribution is 0.0951. The van der Waals surface area contributed by atoms with Crippen molar-refractivity contribution in [3.8, 4) is 17.3 Å². The number of fused-ring (bicyclic) bond motifs is 1. The molecule has 5 rings (SSSR count). The largest absolute Gasteiger partial charge is 0.496 e. The summed E-state index contributed by atoms with van der Waals surface area (Å²) in [5.74, 6) is 1.53. The number of benzene rings is 2. The first-order valence-corrected chi connectivity index (χ1v) is 10.5. The van der Waals surface area contributed by atoms with Crippen molar-refractivity contribution in [3.05, 3.63) is 72.1 Å². The van der Waals surface area contributed by atoms with E-state index in [-0.39, 0.29) is 12.0 Å². The standard InChI is InChI=1S/C24H22N4O4/c1-31-21-9-5-3-7-17(21)20-14-16(12-13-28(20)24(29)30)23-26-22(27-32-23)19-11-10-15-6-2-4-8-18(15)25-19/h2-11,16,20H,12-14H2,1H3,(H,29,30). The average molecular weight is 430 g/mol. The molecular formula is C24H22N4O4. The molecule has 3 heterocycles. The fourth-order valence-electron chi connectivity index (χ4n) is 4.35. The van der Waals surface area contributed by atoms with Gasteiger partial charge < -0.3 is 19.3 Å². The van der Waals surface area contributed by atoms with Crippen molar-refractivity contribution in [2.24, 2.45) is 0 Å². The lowest BCUT2D eigenvalue weighted by atomic mass is 9.87. The third kappa shape index (κ3) is 3.64. The zero-order valence-corrected chi connectivity index (χ0v) is 17.5. The smallest absolute Gasteiger partial charge is 0.407 e. The number of para-hydroxylation sites is 2. The third-order valence-electron chi connectivity index (χ3n) is 5.96. The van der Waals surface area contributed by atoms with Crippen molar-refractivity contribution in [2.75, 3.05) is 13.7 Å². The molecule has 0 saturated carbocycles. The highest BCUT2D eigenvalue weighted by atomic mass is 16.5. The van der Waals surface area contributed by atoms with E-state index in [1.54, 1.807) is 7.11 Å². The highest BCUT2D eigenvalue weighted by Gasteiger charge is 2.37. The predicted octanol–water partition coefficient (Wildman–Crippen LogP) is 4.89. The van der Waals surface area contributed by atoms with Gasteiger partial charge in [0.15, 0.2) is 0 Å². The summed E-state index contributed by atoms with van der Waals surface area (Å²) in [4.78, 5) is 22.6. The highest BCUT2D eigenvalue weighted by molar-refractivity contribution is 5.80. The van der Waals surface area contributed by atoms with Crippen molar-refractivity contribution in [1.82, 2.24) is 20.0 Å². The fraction of sp³-hybridized carbons (Fsp3) is 0.250. The van der Waals surface area contributed by atoms with E-state index in [2.05, 4.69) is 15.1 Å². The van der Waals surface area contributed by atoms with E-state index >= 15 is 0 Å². The summed E-state index contributed by atoms with van der Waals surface area (Å²) in [5.41, 5.74) is 2.34. The summed E-state index contributed by atoms with van der Waals surface area (Å²) in [6.07, 6.45) is 0.176. The van der Waals surface area contributed by atoms with Gasteiger partial charge in [-0.05, 0) is 31.0 Å². The van der Waals surface area contributed by atoms with Gasteiger partial charge in [0.05, 0.1) is 18.7 Å². The van der Waals surface area contributed by atoms with Gasteiger partial charge in [0.1, 0.15) is 11.4 Å². The van der Waals surface area contributed by atoms with Crippen LogP contribution in [0.5, 0.6) is 5.75 Å². The van der Waals surface area contributed by atoms with Gasteiger partial charge in [-0.1, -0.05) is 47.6 Å². The summed E-state index contributed by atoms with van der Waals surface area (Å²) in [6, 6.07) is 18.9. The number of piperidine rings is 1. The van der Waals surface area contributed by atoms with Gasteiger partial charge in [0, 0.05) is 23.4 Å². The van der Waals surface area contributed by atoms with Crippen LogP contribution in [-0.2, 0) is 0 Å². The first-order chi connectivity index (χ1) is 15.6. The number of carboxylic acid groups (broad SMARTS) is 1. The topological polar surface area (TPSA) is 102 Å². The van der Waals surface area contributed by atoms with Crippen LogP contribution in [0.15, 0.2) is 65.2 Å². The second kappa shape index (κ2) is 8.30. The zero-order chi connectivity index (χ0) is 22.1. The number of rotatable bonds is 4. The number of hydrogen-bond donors (Lipinski definition) is 1. The quantitative estimate of drug-likeness (QED) is 0.492. The van der Waals surface area contributed by atoms with Gasteiger partial charge in [-0.3, -0.25) is 0 Å². The van der Waals surface area contributed by atoms with Crippen molar-refractivity contribution in [3.63, 3.8) is 0 Å². The summed E-state index contributed by atoms with van der Waals surface area (Å²) in [5, 5.41) is 14.9. The molecule has 0 aliphatic carbocycles. The van der Waals surface area contributed by atoms with E-state index < -0.39 is 6.09 Å². The predicted molar refractivity (Wildman–Crippen MR) is 117 cm³/mol. The minimum Gasteiger partial charge on any atom is -0.496 e. The van der Waals surface area contributed by atoms with Crippen molar-refractivity contribution >= 4 is 17.0 Å². The molecule has 0 bridgehead atoms. The molecule has 0 radical (unpaired) electrons. The Bertz CT molecular complexity index is 1270. The molecule has 1 fully saturated rings. The van der Waals surface area contributed by atoms with Gasteiger partial charge in [-0.15, -0.1) is 0 Å². The summed E-state index contributed by atoms with van der Waals surface area (Å²) >= 11 is 0. The second-order valence-corrected chi connectivity index (χ2v) is 7.80. The molecule has 162 valence electrons. The number of ether oxygens (including phenoxy) is 1. The molecule has 2 unspecified atom stereocenters. The first-order valence-electron chi connectivity index (χ1n) is 10.5. The normalized spacial score (nSPS) is 18.6. The Labute approximate surface area is 184 Å². The van der Waals surface area contributed by atoms with E-state index in [1.165, 1.54) is 4.90 Å². The van der Waals surface area contributed by atoms with E-state index in [0.717, 1.165) is 16.5 Å². The van der Waals surface area contributed by atoms with E-state index in [0.29, 0.717) is 42.5 Å². The number of amides is 1. The maximum absolute atomic E-state index is 11.9. The van der Waals surface area contributed by atoms with Crippen LogP contribution in [0.3, 0.4) is 0 Å². The van der Waals surface area contributed by atoms with E-state index in [4.69, 9.17) is 9.26 Å². The van der Waals surface area contributed by atoms with Gasteiger partial charge in [-0.2, -0.15) is 4.98 Å². The van der Waals surface area contributed by atoms with Crippen molar-refractivity contribution in [2.45, 2.75) is 24.8 Å². The summed E-state index contributed by atoms with van der Waals surface area (Å²) in [6.45, 7) is 0.370. The van der Waals surface area contributed by atoms with Gasteiger partial charge in [0.25, 0.3) is 0 Å². The fourth-order valence-corrected chi connectivity index (χ4v) is 4.35. The number of methoxy groups -OCH3 is 1. The Morgan fingerprint density at radius 3 is 2.75 bits per heavy atom. The van der Waals surface area contributed by atoms with Crippen LogP contribution in [0.4, 0.5) is 4.79 Å². The van der Waals surface area contributed by atoms with Crippen LogP contribution >= 0.6 is 0 Å². The number of likely N-dealkylation sites (tertiary alicyclic amines) is 1. The molecule has 2 aromatic heterocycles. The molecule has 2 atom stereocenters. The highest BCUT2D eigenvalue weighted by Crippen LogP contribution is 2.42. The average Bonchev–Trinajstić information content (AvgIpc) is 3.33. The Balaban J connectivity index is 1.44. The van der Waals surface area contributed by atoms with Crippen LogP contribution in [0.1, 0.15) is 36.3 Å². The van der Waals surface area contributed by atoms with Gasteiger partial charge in [-0.25, -0.2) is 9.78 Å². The molecular weight excluding hydrogens is 408 g/mol. The molecule has 4 aromatic rings. The Morgan fingerprint density at radius 1 is 1.09 bits per heavy atom. The summed E-state index contributed by atoms with van der Waals surface area (Å²) in [7, 11) is 1.59. The molecule has 1 saturated heterocycles. The van der Waals surface area contributed by atoms with Gasteiger partial charge in [0.2, 0.25) is 11.7 Å². The second-order valence-electron chi connectivity index (χ2n) is 7.80. The minimum absolute atomic E-state index is 0.0674. The molecule has 1 aliphatic rings. The van der Waals surface area contributed by atoms with Gasteiger partial charge >= 0.3 is 6.09 Å². The molecule has 32 heavy (non-hydrogen) atoms. The number of pyridine rings is 1. The third-order valence-corrected chi connectivity index (χ3v) is 5.96. The molecule has 1 aliphatic heterocycles. The molecule has 8 heteroatoms. The molecule has 0 spiro atoms. The lowest BCUT2D eigenvalue weighted by Gasteiger charge is -2.37. The maximum atomic E-state index is 11.9. The Morgan fingerprint density at radius 2 is 1.91 bits per heavy atom. The first kappa shape index (κ1) is 20.0. The maximum Gasteiger partial charge on any atom is 0.407 e. The van der Waals surface area contributed by atoms with Crippen LogP contribution in [0.25, 0.3) is 22.4 Å². The van der Waals surface area contributed by atoms with Crippen LogP contribution in [0.2, 0.25) is 0 Å². The Hall–Kier alpha value is -3.94. The molecule has 8 nitrogen and oxygen atoms in total. The van der Waals surface area contributed by atoms with E-state index in [1.807, 2.05) is 60.7 Å². The van der Waals surface area contributed by atoms with Crippen LogP contribution < -0.4 is 4.74 Å². The lowest BCUT2D eigenvalue weighted by Crippen LogP contribution is -2.40. The molecule has 1 amide bonds. The zero-order valence-electron chi connectivity index (χ0n) is 17.5. The van der Waals surface area contributed by atoms with E-state index in [9.17, 15) is 9.90 Å². The van der Waals surface area contributed by atoms with Crippen LogP contribution in [-0.4, -0.2) is 44.9 Å². The van der Waals surface area contributed by atoms with Crippen LogP contribution in [0, 0.1) is 0 Å². The van der Waals surface area contributed by atoms with Crippen molar-refractivity contribution in [1.29, 1.82) is 0 Å². The van der Waals surface area contributed by atoms with Crippen molar-refractivity contribution < 1.29 is 19.2 Å². The summed E-state index contributed by atoms with van der Waals surface area (Å²) < 4.78 is 11.1. The number of aromatic nitrogens is 3. The monoisotopic (exact) mass is 430 g/mol. The number of carbonyl (C=O) groups is 1.